The normalized spacial score (nSPS) is 15.5. The molecule has 125 heavy (non-hydrogen) atoms. The van der Waals surface area contributed by atoms with Crippen molar-refractivity contribution in [2.24, 2.45) is 16.1 Å². The van der Waals surface area contributed by atoms with E-state index < -0.39 is 29.9 Å². The van der Waals surface area contributed by atoms with E-state index in [-0.39, 0.29) is 76.3 Å². The van der Waals surface area contributed by atoms with Gasteiger partial charge in [-0.15, -0.1) is 0 Å². The number of Topliss-reactive ketones (excluding diaryl/α,β-unsaturated/α-hetero) is 1. The standard InChI is InChI=1S/C59H81Cl4N5O12S2.C24H33Cl2N3O5S.C4H8N2O2/c1-67-40-53(51-36-46(60)38-57(62)55(51)42-67)44-12-16-49(17-13-44)81(71,72)35-9-24-76-28-32-79-31-27-75-23-8-11-48(69)10-6-4-3-5-7-20-64-59(70)65-21-25-77-29-33-80-34-30-78-26-22-66-82(73,74)50-18-14-45(15-19-50)54-41-68(2)43-56-52(54)37-47(61)39-58(56)63;1-29-16-22(21-14-19(25)15-24(26)23(21)17-29)18-2-4-20(5-3-18)35(30,31)28-7-9-33-11-13-34-12-10-32-8-6-27;7-5-3-1-2-4-6-8/h12-19,36-39,53-54,66H,3-11,20-35,40-43H2,1-2H3,(H2,64,65,70);2-5,14-15,22,28H,6-13,16-17,27H2,1H3;1-4H2. The van der Waals surface area contributed by atoms with E-state index in [4.69, 9.17) is 118 Å². The molecule has 0 fully saturated rings. The summed E-state index contributed by atoms with van der Waals surface area (Å²) < 4.78 is 132. The zero-order chi connectivity index (χ0) is 90.3. The average molecular weight is 1920 g/mol. The molecule has 694 valence electrons. The summed E-state index contributed by atoms with van der Waals surface area (Å²) in [4.78, 5) is 50.5. The lowest BCUT2D eigenvalue weighted by molar-refractivity contribution is -0.119. The number of nitrogens with two attached hydrogens (primary N) is 1. The topological polar surface area (TPSA) is 362 Å². The Balaban J connectivity index is 0.000000408. The summed E-state index contributed by atoms with van der Waals surface area (Å²) in [7, 11) is -4.73. The van der Waals surface area contributed by atoms with Gasteiger partial charge in [0.25, 0.3) is 0 Å². The van der Waals surface area contributed by atoms with E-state index in [9.17, 15) is 44.7 Å². The van der Waals surface area contributed by atoms with Crippen LogP contribution in [0.2, 0.25) is 30.1 Å². The molecule has 0 radical (unpaired) electrons. The number of likely N-dealkylation sites (N-methyl/N-ethyl adjacent to an activating group) is 3. The molecule has 0 spiro atoms. The third-order valence-electron chi connectivity index (χ3n) is 20.5. The molecule has 29 nitrogen and oxygen atoms in total. The fourth-order valence-corrected chi connectivity index (χ4v) is 19.2. The quantitative estimate of drug-likeness (QED) is 0.0175. The molecule has 3 atom stereocenters. The zero-order valence-electron chi connectivity index (χ0n) is 71.6. The van der Waals surface area contributed by atoms with Crippen molar-refractivity contribution in [2.45, 2.75) is 123 Å². The van der Waals surface area contributed by atoms with Gasteiger partial charge in [0.1, 0.15) is 5.78 Å². The van der Waals surface area contributed by atoms with Gasteiger partial charge in [0.2, 0.25) is 20.0 Å². The molecule has 0 aliphatic carbocycles. The van der Waals surface area contributed by atoms with E-state index in [1.54, 1.807) is 54.6 Å². The minimum atomic E-state index is -3.72. The smallest absolute Gasteiger partial charge is 0.314 e. The second kappa shape index (κ2) is 59.0. The largest absolute Gasteiger partial charge is 0.379 e. The highest BCUT2D eigenvalue weighted by Gasteiger charge is 2.32. The average Bonchev–Trinajstić information content (AvgIpc) is 0.783. The van der Waals surface area contributed by atoms with Crippen LogP contribution in [0.5, 0.6) is 0 Å². The van der Waals surface area contributed by atoms with Gasteiger partial charge in [-0.25, -0.2) is 39.5 Å². The second-order valence-electron chi connectivity index (χ2n) is 30.3. The number of unbranched alkanes of at least 4 members (excludes halogenated alkanes) is 5. The third-order valence-corrected chi connectivity index (χ3v) is 27.0. The van der Waals surface area contributed by atoms with E-state index in [1.165, 1.54) is 0 Å². The number of halogens is 6. The number of sulfonamides is 2. The number of sulfone groups is 1. The Morgan fingerprint density at radius 3 is 1.09 bits per heavy atom. The molecular formula is C87H122Cl6N10O19S3. The summed E-state index contributed by atoms with van der Waals surface area (Å²) in [5, 5.41) is 14.5. The number of rotatable bonds is 58. The minimum Gasteiger partial charge on any atom is -0.379 e. The van der Waals surface area contributed by atoms with Crippen LogP contribution in [0.3, 0.4) is 0 Å². The number of hydrogen-bond donors (Lipinski definition) is 5. The van der Waals surface area contributed by atoms with Crippen molar-refractivity contribution in [3.8, 4) is 0 Å². The number of hydrogen-bond acceptors (Lipinski definition) is 25. The van der Waals surface area contributed by atoms with Crippen molar-refractivity contribution in [3.05, 3.63) is 199 Å². The Kier molecular flexibility index (Phi) is 50.2. The maximum atomic E-state index is 13.0. The predicted molar refractivity (Wildman–Crippen MR) is 491 cm³/mol. The number of nitrogens with one attached hydrogen (secondary N) is 4. The van der Waals surface area contributed by atoms with E-state index >= 15 is 0 Å². The number of ketones is 1. The number of ether oxygens (including phenoxy) is 9. The first-order valence-corrected chi connectivity index (χ1v) is 49.1. The van der Waals surface area contributed by atoms with Crippen molar-refractivity contribution in [3.63, 3.8) is 0 Å². The number of urea groups is 1. The van der Waals surface area contributed by atoms with Gasteiger partial charge in [0.15, 0.2) is 9.84 Å². The lowest BCUT2D eigenvalue weighted by atomic mass is 9.85. The second-order valence-corrected chi connectivity index (χ2v) is 38.5. The molecule has 3 heterocycles. The van der Waals surface area contributed by atoms with E-state index in [0.717, 1.165) is 121 Å². The number of benzene rings is 6. The van der Waals surface area contributed by atoms with Crippen LogP contribution in [-0.2, 0) is 96.9 Å². The molecule has 6 aromatic rings. The maximum Gasteiger partial charge on any atom is 0.314 e. The van der Waals surface area contributed by atoms with E-state index in [1.807, 2.05) is 75.7 Å². The Bertz CT molecular complexity index is 4380. The molecule has 6 aromatic carbocycles. The van der Waals surface area contributed by atoms with Gasteiger partial charge in [0, 0.05) is 146 Å². The molecule has 0 saturated heterocycles. The Labute approximate surface area is 767 Å². The van der Waals surface area contributed by atoms with E-state index in [0.29, 0.717) is 207 Å². The minimum absolute atomic E-state index is 0.0104. The van der Waals surface area contributed by atoms with Gasteiger partial charge < -0.3 is 73.7 Å². The predicted octanol–water partition coefficient (Wildman–Crippen LogP) is 13.8. The van der Waals surface area contributed by atoms with Crippen molar-refractivity contribution in [2.75, 3.05) is 211 Å². The lowest BCUT2D eigenvalue weighted by Gasteiger charge is -2.33. The monoisotopic (exact) mass is 1920 g/mol. The lowest BCUT2D eigenvalue weighted by Crippen LogP contribution is -2.37. The van der Waals surface area contributed by atoms with Gasteiger partial charge in [-0.1, -0.05) is 136 Å². The van der Waals surface area contributed by atoms with Crippen molar-refractivity contribution in [1.29, 1.82) is 0 Å². The van der Waals surface area contributed by atoms with Crippen LogP contribution in [0, 0.1) is 9.81 Å². The number of nitrogens with zero attached hydrogens (tertiary/aromatic N) is 5. The summed E-state index contributed by atoms with van der Waals surface area (Å²) >= 11 is 38.4. The molecule has 6 N–H and O–H groups in total. The molecule has 2 amide bonds. The number of carbonyl (C=O) groups excluding carboxylic acids is 2. The summed E-state index contributed by atoms with van der Waals surface area (Å²) in [6.07, 6.45) is 8.06. The molecule has 0 saturated carbocycles. The van der Waals surface area contributed by atoms with Gasteiger partial charge in [-0.3, -0.25) is 4.79 Å². The molecule has 9 rings (SSSR count). The molecule has 0 bridgehead atoms. The zero-order valence-corrected chi connectivity index (χ0v) is 78.6. The Morgan fingerprint density at radius 2 is 0.704 bits per heavy atom. The maximum absolute atomic E-state index is 13.0. The van der Waals surface area contributed by atoms with Crippen molar-refractivity contribution < 1.29 is 77.5 Å². The fraction of sp³-hybridized carbons (Fsp3) is 0.563. The Morgan fingerprint density at radius 1 is 0.384 bits per heavy atom. The highest BCUT2D eigenvalue weighted by Crippen LogP contribution is 2.42. The first kappa shape index (κ1) is 106. The van der Waals surface area contributed by atoms with Crippen LogP contribution in [0.25, 0.3) is 0 Å². The van der Waals surface area contributed by atoms with E-state index in [2.05, 4.69) is 45.1 Å². The third kappa shape index (κ3) is 39.2. The summed E-state index contributed by atoms with van der Waals surface area (Å²) in [5.41, 5.74) is 14.7. The van der Waals surface area contributed by atoms with Crippen LogP contribution in [0.15, 0.2) is 134 Å². The van der Waals surface area contributed by atoms with Gasteiger partial charge >= 0.3 is 6.03 Å². The highest BCUT2D eigenvalue weighted by atomic mass is 35.5. The number of fused-ring (bicyclic) bond motifs is 3. The van der Waals surface area contributed by atoms with Crippen molar-refractivity contribution in [1.82, 2.24) is 34.8 Å². The summed E-state index contributed by atoms with van der Waals surface area (Å²) in [6.45, 7) is 13.5. The molecule has 0 aromatic heterocycles. The fourth-order valence-electron chi connectivity index (χ4n) is 14.2. The first-order valence-electron chi connectivity index (χ1n) is 42.3. The number of nitroso groups, excluding NO2 is 2. The highest BCUT2D eigenvalue weighted by molar-refractivity contribution is 7.91. The summed E-state index contributed by atoms with van der Waals surface area (Å²) in [5.74, 6) is 0.313. The Hall–Kier alpha value is -5.55. The molecule has 3 aliphatic rings. The summed E-state index contributed by atoms with van der Waals surface area (Å²) in [6, 6.07) is 31.8. The molecule has 3 unspecified atom stereocenters. The van der Waals surface area contributed by atoms with Crippen molar-refractivity contribution >= 4 is 111 Å². The van der Waals surface area contributed by atoms with Crippen LogP contribution in [0.4, 0.5) is 4.79 Å². The first-order chi connectivity index (χ1) is 60.2. The van der Waals surface area contributed by atoms with Gasteiger partial charge in [0.05, 0.1) is 139 Å². The van der Waals surface area contributed by atoms with Gasteiger partial charge in [-0.05, 0) is 183 Å². The molecule has 38 heteroatoms. The number of amides is 2. The van der Waals surface area contributed by atoms with Crippen LogP contribution in [-0.4, -0.2) is 263 Å². The van der Waals surface area contributed by atoms with Crippen LogP contribution < -0.4 is 25.8 Å². The molecule has 3 aliphatic heterocycles. The van der Waals surface area contributed by atoms with Crippen LogP contribution >= 0.6 is 69.6 Å². The number of carbonyl (C=O) groups is 2. The van der Waals surface area contributed by atoms with Crippen LogP contribution in [0.1, 0.15) is 138 Å². The SMILES string of the molecule is CN1Cc2c(Cl)cc(Cl)cc2C(c2ccc(S(=O)(=O)CCCOCCOCCOCCCC(=O)CCCCCCCNC(=O)NCCOCCOCCOCCNS(=O)(=O)c3ccc(C4CN(C)Cc5c(Cl)cc(Cl)cc54)cc3)cc2)C1.CN1Cc2c(Cl)cc(Cl)cc2C(c2ccc(S(=O)(=O)NCCOCCOCCOCCN)cc2)C1.O=NCCCCN=O. The molecular weight excluding hydrogens is 1800 g/mol. The van der Waals surface area contributed by atoms with Gasteiger partial charge in [-0.2, -0.15) is 9.81 Å².